The van der Waals surface area contributed by atoms with Crippen molar-refractivity contribution in [2.24, 2.45) is 0 Å². The molecule has 0 aliphatic carbocycles. The molecule has 1 unspecified atom stereocenters. The van der Waals surface area contributed by atoms with Gasteiger partial charge in [0.05, 0.1) is 5.92 Å². The molecule has 0 saturated carbocycles. The molecular formula is C24H22N2O2. The Morgan fingerprint density at radius 3 is 2.32 bits per heavy atom. The first-order valence-electron chi connectivity index (χ1n) is 9.40. The van der Waals surface area contributed by atoms with Crippen molar-refractivity contribution in [2.75, 3.05) is 12.4 Å². The molecule has 1 aliphatic heterocycles. The molecule has 3 aromatic rings. The van der Waals surface area contributed by atoms with E-state index in [-0.39, 0.29) is 18.2 Å². The molecule has 0 radical (unpaired) electrons. The van der Waals surface area contributed by atoms with Crippen LogP contribution in [-0.2, 0) is 16.1 Å². The highest BCUT2D eigenvalue weighted by atomic mass is 16.2. The lowest BCUT2D eigenvalue weighted by Gasteiger charge is -2.28. The Morgan fingerprint density at radius 2 is 1.57 bits per heavy atom. The van der Waals surface area contributed by atoms with E-state index in [0.717, 1.165) is 22.4 Å². The highest BCUT2D eigenvalue weighted by Gasteiger charge is 2.32. The topological polar surface area (TPSA) is 49.4 Å². The number of nitrogens with zero attached hydrogens (tertiary/aromatic N) is 1. The molecule has 1 atom stereocenters. The van der Waals surface area contributed by atoms with E-state index in [1.54, 1.807) is 11.9 Å². The molecule has 4 heteroatoms. The first-order valence-corrected chi connectivity index (χ1v) is 9.40. The molecule has 0 fully saturated rings. The highest BCUT2D eigenvalue weighted by molar-refractivity contribution is 6.01. The zero-order valence-electron chi connectivity index (χ0n) is 15.8. The van der Waals surface area contributed by atoms with Gasteiger partial charge < -0.3 is 10.2 Å². The average molecular weight is 370 g/mol. The van der Waals surface area contributed by atoms with Gasteiger partial charge in [0.15, 0.2) is 0 Å². The number of rotatable bonds is 4. The number of para-hydroxylation sites is 1. The molecule has 2 amide bonds. The number of benzene rings is 3. The van der Waals surface area contributed by atoms with E-state index in [9.17, 15) is 9.59 Å². The maximum atomic E-state index is 13.0. The van der Waals surface area contributed by atoms with Crippen molar-refractivity contribution in [1.29, 1.82) is 0 Å². The van der Waals surface area contributed by atoms with Gasteiger partial charge in [0.2, 0.25) is 11.8 Å². The smallest absolute Gasteiger partial charge is 0.230 e. The van der Waals surface area contributed by atoms with Crippen LogP contribution in [0, 0.1) is 0 Å². The van der Waals surface area contributed by atoms with Crippen molar-refractivity contribution in [3.63, 3.8) is 0 Å². The minimum absolute atomic E-state index is 0.0329. The van der Waals surface area contributed by atoms with Gasteiger partial charge in [-0.25, -0.2) is 0 Å². The first-order chi connectivity index (χ1) is 13.6. The summed E-state index contributed by atoms with van der Waals surface area (Å²) in [5.74, 6) is -0.578. The number of carbonyl (C=O) groups is 2. The Kier molecular flexibility index (Phi) is 4.94. The molecule has 0 spiro atoms. The van der Waals surface area contributed by atoms with Gasteiger partial charge in [0, 0.05) is 25.7 Å². The second-order valence-electron chi connectivity index (χ2n) is 7.15. The van der Waals surface area contributed by atoms with Crippen LogP contribution in [-0.4, -0.2) is 23.8 Å². The molecule has 1 N–H and O–H groups in total. The second kappa shape index (κ2) is 7.69. The van der Waals surface area contributed by atoms with Crippen LogP contribution < -0.4 is 5.32 Å². The molecule has 1 aliphatic rings. The van der Waals surface area contributed by atoms with Crippen LogP contribution in [0.4, 0.5) is 5.69 Å². The second-order valence-corrected chi connectivity index (χ2v) is 7.15. The fourth-order valence-corrected chi connectivity index (χ4v) is 3.68. The third-order valence-corrected chi connectivity index (χ3v) is 5.15. The SMILES string of the molecule is CN(Cc1ccc(-c2ccccc2)cc1)C(=O)C1CC(=O)Nc2ccccc21. The molecule has 4 nitrogen and oxygen atoms in total. The van der Waals surface area contributed by atoms with Gasteiger partial charge in [0.25, 0.3) is 0 Å². The molecule has 28 heavy (non-hydrogen) atoms. The van der Waals surface area contributed by atoms with E-state index >= 15 is 0 Å². The van der Waals surface area contributed by atoms with Gasteiger partial charge in [-0.15, -0.1) is 0 Å². The van der Waals surface area contributed by atoms with Crippen molar-refractivity contribution >= 4 is 17.5 Å². The fraction of sp³-hybridized carbons (Fsp3) is 0.167. The van der Waals surface area contributed by atoms with Gasteiger partial charge >= 0.3 is 0 Å². The number of nitrogens with one attached hydrogen (secondary N) is 1. The van der Waals surface area contributed by atoms with Crippen LogP contribution in [0.5, 0.6) is 0 Å². The number of likely N-dealkylation sites (N-methyl/N-ethyl adjacent to an activating group) is 1. The predicted octanol–water partition coefficient (Wildman–Crippen LogP) is 4.44. The predicted molar refractivity (Wildman–Crippen MR) is 111 cm³/mol. The summed E-state index contributed by atoms with van der Waals surface area (Å²) in [7, 11) is 1.79. The Labute approximate surface area is 164 Å². The zero-order chi connectivity index (χ0) is 19.5. The van der Waals surface area contributed by atoms with Gasteiger partial charge in [-0.2, -0.15) is 0 Å². The number of carbonyl (C=O) groups excluding carboxylic acids is 2. The van der Waals surface area contributed by atoms with E-state index in [2.05, 4.69) is 29.6 Å². The monoisotopic (exact) mass is 370 g/mol. The first kappa shape index (κ1) is 18.0. The molecule has 140 valence electrons. The lowest BCUT2D eigenvalue weighted by molar-refractivity contribution is -0.134. The summed E-state index contributed by atoms with van der Waals surface area (Å²) in [6.07, 6.45) is 0.188. The number of fused-ring (bicyclic) bond motifs is 1. The summed E-state index contributed by atoms with van der Waals surface area (Å²) in [6.45, 7) is 0.508. The van der Waals surface area contributed by atoms with Crippen molar-refractivity contribution in [3.05, 3.63) is 90.0 Å². The molecule has 0 saturated heterocycles. The maximum absolute atomic E-state index is 13.0. The van der Waals surface area contributed by atoms with Crippen LogP contribution >= 0.6 is 0 Å². The van der Waals surface area contributed by atoms with E-state index in [1.807, 2.05) is 54.6 Å². The number of hydrogen-bond acceptors (Lipinski definition) is 2. The molecule has 0 bridgehead atoms. The summed E-state index contributed by atoms with van der Waals surface area (Å²) < 4.78 is 0. The normalized spacial score (nSPS) is 15.5. The quantitative estimate of drug-likeness (QED) is 0.738. The summed E-state index contributed by atoms with van der Waals surface area (Å²) in [5.41, 5.74) is 5.00. The molecule has 1 heterocycles. The van der Waals surface area contributed by atoms with Crippen molar-refractivity contribution in [2.45, 2.75) is 18.9 Å². The molecule has 3 aromatic carbocycles. The van der Waals surface area contributed by atoms with E-state index in [4.69, 9.17) is 0 Å². The van der Waals surface area contributed by atoms with Crippen molar-refractivity contribution < 1.29 is 9.59 Å². The summed E-state index contributed by atoms with van der Waals surface area (Å²) in [6, 6.07) is 26.0. The van der Waals surface area contributed by atoms with Crippen LogP contribution in [0.3, 0.4) is 0 Å². The fourth-order valence-electron chi connectivity index (χ4n) is 3.68. The third-order valence-electron chi connectivity index (χ3n) is 5.15. The lowest BCUT2D eigenvalue weighted by Crippen LogP contribution is -2.36. The summed E-state index contributed by atoms with van der Waals surface area (Å²) in [4.78, 5) is 26.8. The Morgan fingerprint density at radius 1 is 0.929 bits per heavy atom. The van der Waals surface area contributed by atoms with Crippen LogP contribution in [0.1, 0.15) is 23.5 Å². The standard InChI is InChI=1S/C24H22N2O2/c1-26(16-17-11-13-19(14-12-17)18-7-3-2-4-8-18)24(28)21-15-23(27)25-22-10-6-5-9-20(21)22/h2-14,21H,15-16H2,1H3,(H,25,27). The third kappa shape index (κ3) is 3.67. The van der Waals surface area contributed by atoms with Gasteiger partial charge in [-0.05, 0) is 28.3 Å². The largest absolute Gasteiger partial charge is 0.341 e. The van der Waals surface area contributed by atoms with Crippen LogP contribution in [0.2, 0.25) is 0 Å². The minimum Gasteiger partial charge on any atom is -0.341 e. The van der Waals surface area contributed by atoms with Crippen LogP contribution in [0.25, 0.3) is 11.1 Å². The molecule has 0 aromatic heterocycles. The Balaban J connectivity index is 1.49. The zero-order valence-corrected chi connectivity index (χ0v) is 15.8. The van der Waals surface area contributed by atoms with E-state index < -0.39 is 5.92 Å². The van der Waals surface area contributed by atoms with E-state index in [0.29, 0.717) is 6.54 Å². The Hall–Kier alpha value is -3.40. The summed E-state index contributed by atoms with van der Waals surface area (Å²) >= 11 is 0. The minimum atomic E-state index is -0.432. The van der Waals surface area contributed by atoms with Crippen LogP contribution in [0.15, 0.2) is 78.9 Å². The molecular weight excluding hydrogens is 348 g/mol. The number of hydrogen-bond donors (Lipinski definition) is 1. The molecule has 4 rings (SSSR count). The average Bonchev–Trinajstić information content (AvgIpc) is 2.73. The number of anilines is 1. The van der Waals surface area contributed by atoms with Crippen molar-refractivity contribution in [1.82, 2.24) is 4.90 Å². The number of amides is 2. The summed E-state index contributed by atoms with van der Waals surface area (Å²) in [5, 5.41) is 2.85. The van der Waals surface area contributed by atoms with Gasteiger partial charge in [-0.1, -0.05) is 72.8 Å². The van der Waals surface area contributed by atoms with Gasteiger partial charge in [0.1, 0.15) is 0 Å². The maximum Gasteiger partial charge on any atom is 0.230 e. The van der Waals surface area contributed by atoms with E-state index in [1.165, 1.54) is 5.56 Å². The Bertz CT molecular complexity index is 997. The van der Waals surface area contributed by atoms with Crippen molar-refractivity contribution in [3.8, 4) is 11.1 Å². The highest BCUT2D eigenvalue weighted by Crippen LogP contribution is 2.33. The van der Waals surface area contributed by atoms with Gasteiger partial charge in [-0.3, -0.25) is 9.59 Å². The lowest BCUT2D eigenvalue weighted by atomic mass is 9.89.